The summed E-state index contributed by atoms with van der Waals surface area (Å²) >= 11 is 0. The van der Waals surface area contributed by atoms with Gasteiger partial charge in [0.2, 0.25) is 23.6 Å². The number of hydrogen-bond donors (Lipinski definition) is 18. The fourth-order valence-corrected chi connectivity index (χ4v) is 8.04. The van der Waals surface area contributed by atoms with Crippen molar-refractivity contribution in [3.63, 3.8) is 0 Å². The molecule has 19 N–H and O–H groups in total. The van der Waals surface area contributed by atoms with Gasteiger partial charge in [0.15, 0.2) is 31.5 Å². The van der Waals surface area contributed by atoms with Gasteiger partial charge >= 0.3 is 0 Å². The Bertz CT molecular complexity index is 1700. The minimum absolute atomic E-state index is 0.589. The van der Waals surface area contributed by atoms with Crippen LogP contribution < -0.4 is 27.0 Å². The van der Waals surface area contributed by atoms with Gasteiger partial charge in [-0.15, -0.1) is 0 Å². The number of ether oxygens (including phenoxy) is 8. The molecule has 30 heteroatoms. The average Bonchev–Trinajstić information content (AvgIpc) is 3.28. The van der Waals surface area contributed by atoms with Crippen LogP contribution in [0.25, 0.3) is 0 Å². The van der Waals surface area contributed by atoms with Crippen molar-refractivity contribution in [3.8, 4) is 0 Å². The van der Waals surface area contributed by atoms with Gasteiger partial charge in [-0.05, 0) is 0 Å². The normalized spacial score (nSPS) is 40.0. The number of aliphatic hydroxyl groups excluding tert-OH is 13. The summed E-state index contributed by atoms with van der Waals surface area (Å²) < 4.78 is 45.9. The maximum absolute atomic E-state index is 12.6. The van der Waals surface area contributed by atoms with E-state index in [4.69, 9.17) is 43.6 Å². The van der Waals surface area contributed by atoms with Gasteiger partial charge in [0, 0.05) is 40.7 Å². The Labute approximate surface area is 387 Å². The third kappa shape index (κ3) is 13.7. The topological polar surface area (TPSA) is 479 Å². The molecule has 4 aliphatic rings. The number of nitrogens with one attached hydrogen (secondary N) is 4. The van der Waals surface area contributed by atoms with Crippen molar-refractivity contribution in [3.05, 3.63) is 11.5 Å². The Kier molecular flexibility index (Phi) is 21.5. The quantitative estimate of drug-likeness (QED) is 0.0398. The predicted molar refractivity (Wildman–Crippen MR) is 217 cm³/mol. The molecule has 0 bridgehead atoms. The molecule has 4 rings (SSSR count). The summed E-state index contributed by atoms with van der Waals surface area (Å²) in [7, 11) is 0. The molecule has 0 saturated carbocycles. The highest BCUT2D eigenvalue weighted by Gasteiger charge is 2.55. The van der Waals surface area contributed by atoms with Crippen LogP contribution in [0.4, 0.5) is 0 Å². The van der Waals surface area contributed by atoms with Crippen molar-refractivity contribution in [1.82, 2.24) is 21.3 Å². The third-order valence-corrected chi connectivity index (χ3v) is 11.3. The van der Waals surface area contributed by atoms with Gasteiger partial charge in [0.25, 0.3) is 0 Å². The zero-order chi connectivity index (χ0) is 50.9. The van der Waals surface area contributed by atoms with E-state index < -0.39 is 210 Å². The molecule has 4 aliphatic heterocycles. The molecular weight excluding hydrogens is 926 g/mol. The van der Waals surface area contributed by atoms with Crippen LogP contribution >= 0.6 is 0 Å². The molecule has 0 aromatic carbocycles. The monoisotopic (exact) mass is 991 g/mol. The highest BCUT2D eigenvalue weighted by molar-refractivity contribution is 5.75. The van der Waals surface area contributed by atoms with Gasteiger partial charge in [0.1, 0.15) is 109 Å². The van der Waals surface area contributed by atoms with Crippen molar-refractivity contribution >= 4 is 23.6 Å². The van der Waals surface area contributed by atoms with Crippen LogP contribution in [0, 0.1) is 0 Å². The lowest BCUT2D eigenvalue weighted by Gasteiger charge is -2.50. The summed E-state index contributed by atoms with van der Waals surface area (Å²) in [5.74, 6) is -4.34. The number of nitrogens with two attached hydrogens (primary N) is 1. The molecular formula is C38H65N5O25. The first-order valence-corrected chi connectivity index (χ1v) is 21.4. The molecule has 392 valence electrons. The number of amides is 4. The minimum Gasteiger partial charge on any atom is -0.507 e. The SMILES string of the molecule is CC(=O)N/C(=C(\O)C(CCO)OC1OC(CO)C(OC2OC(CO)C(OC3OC(CO)C(O)C(O)C3N)C(O)C2NC(C)=O)C(O)C1NC(C)=O)C(O)OC1C(CO)OC(O)C(NC(C)=O)C1O. The largest absolute Gasteiger partial charge is 0.507 e. The van der Waals surface area contributed by atoms with E-state index in [2.05, 4.69) is 21.3 Å². The van der Waals surface area contributed by atoms with Gasteiger partial charge in [-0.1, -0.05) is 0 Å². The minimum atomic E-state index is -2.44. The van der Waals surface area contributed by atoms with Crippen LogP contribution in [0.2, 0.25) is 0 Å². The van der Waals surface area contributed by atoms with Gasteiger partial charge in [-0.25, -0.2) is 0 Å². The summed E-state index contributed by atoms with van der Waals surface area (Å²) in [6, 6.07) is -6.41. The number of carbonyl (C=O) groups excluding carboxylic acids is 4. The van der Waals surface area contributed by atoms with Gasteiger partial charge < -0.3 is 131 Å². The lowest BCUT2D eigenvalue weighted by atomic mass is 9.93. The van der Waals surface area contributed by atoms with Crippen molar-refractivity contribution in [2.75, 3.05) is 33.0 Å². The first-order chi connectivity index (χ1) is 32.0. The second-order valence-corrected chi connectivity index (χ2v) is 16.4. The fourth-order valence-electron chi connectivity index (χ4n) is 8.04. The van der Waals surface area contributed by atoms with Crippen LogP contribution in [0.15, 0.2) is 11.5 Å². The first-order valence-electron chi connectivity index (χ1n) is 21.4. The molecule has 4 heterocycles. The van der Waals surface area contributed by atoms with Crippen molar-refractivity contribution in [2.45, 2.75) is 169 Å². The molecule has 22 unspecified atom stereocenters. The Morgan fingerprint density at radius 1 is 0.559 bits per heavy atom. The molecule has 30 nitrogen and oxygen atoms in total. The van der Waals surface area contributed by atoms with E-state index >= 15 is 0 Å². The Morgan fingerprint density at radius 3 is 1.49 bits per heavy atom. The van der Waals surface area contributed by atoms with E-state index in [1.54, 1.807) is 0 Å². The summed E-state index contributed by atoms with van der Waals surface area (Å²) in [5.41, 5.74) is 5.12. The van der Waals surface area contributed by atoms with Gasteiger partial charge in [-0.3, -0.25) is 19.2 Å². The van der Waals surface area contributed by atoms with Crippen LogP contribution in [0.3, 0.4) is 0 Å². The predicted octanol–water partition coefficient (Wildman–Crippen LogP) is -10.4. The number of aliphatic hydroxyl groups is 13. The smallest absolute Gasteiger partial charge is 0.221 e. The second kappa shape index (κ2) is 25.6. The van der Waals surface area contributed by atoms with Crippen molar-refractivity contribution in [1.29, 1.82) is 0 Å². The third-order valence-electron chi connectivity index (χ3n) is 11.3. The van der Waals surface area contributed by atoms with E-state index in [-0.39, 0.29) is 0 Å². The summed E-state index contributed by atoms with van der Waals surface area (Å²) in [6.45, 7) is -0.358. The summed E-state index contributed by atoms with van der Waals surface area (Å²) in [4.78, 5) is 49.1. The Morgan fingerprint density at radius 2 is 1.00 bits per heavy atom. The van der Waals surface area contributed by atoms with Crippen molar-refractivity contribution in [2.24, 2.45) is 5.73 Å². The zero-order valence-corrected chi connectivity index (χ0v) is 37.2. The van der Waals surface area contributed by atoms with E-state index in [1.165, 1.54) is 0 Å². The Hall–Kier alpha value is -3.42. The molecule has 0 aromatic rings. The fraction of sp³-hybridized carbons (Fsp3) is 0.842. The van der Waals surface area contributed by atoms with Gasteiger partial charge in [-0.2, -0.15) is 0 Å². The molecule has 0 aromatic heterocycles. The van der Waals surface area contributed by atoms with E-state index in [1.807, 2.05) is 0 Å². The van der Waals surface area contributed by atoms with E-state index in [9.17, 15) is 85.6 Å². The first kappa shape index (κ1) is 57.2. The van der Waals surface area contributed by atoms with Gasteiger partial charge in [0.05, 0.1) is 32.5 Å². The highest BCUT2D eigenvalue weighted by Crippen LogP contribution is 2.34. The molecule has 22 atom stereocenters. The highest BCUT2D eigenvalue weighted by atomic mass is 16.8. The van der Waals surface area contributed by atoms with Crippen molar-refractivity contribution < 1.29 is 123 Å². The maximum atomic E-state index is 12.6. The number of rotatable bonds is 20. The summed E-state index contributed by atoms with van der Waals surface area (Å²) in [5, 5.41) is 148. The van der Waals surface area contributed by atoms with Crippen LogP contribution in [-0.4, -0.2) is 258 Å². The summed E-state index contributed by atoms with van der Waals surface area (Å²) in [6.07, 6.45) is -32.6. The maximum Gasteiger partial charge on any atom is 0.221 e. The van der Waals surface area contributed by atoms with Crippen LogP contribution in [0.5, 0.6) is 0 Å². The molecule has 4 fully saturated rings. The second-order valence-electron chi connectivity index (χ2n) is 16.4. The molecule has 68 heavy (non-hydrogen) atoms. The molecule has 0 spiro atoms. The molecule has 0 radical (unpaired) electrons. The van der Waals surface area contributed by atoms with E-state index in [0.717, 1.165) is 27.7 Å². The zero-order valence-electron chi connectivity index (χ0n) is 37.2. The molecule has 0 aliphatic carbocycles. The van der Waals surface area contributed by atoms with E-state index in [0.29, 0.717) is 0 Å². The Balaban J connectivity index is 1.64. The molecule has 4 saturated heterocycles. The number of carbonyl (C=O) groups is 4. The lowest BCUT2D eigenvalue weighted by Crippen LogP contribution is -2.70. The van der Waals surface area contributed by atoms with Crippen LogP contribution in [-0.2, 0) is 57.1 Å². The standard InChI is InChI=1S/C38H65N5O25/c1-11(49)40-21(35(60)66-31-17(8-46)61-34(59)22(28(31)56)41-12(2)50)25(53)15(5-6-44)62-37-23(42-13(3)51)29(57)33(19(10-48)64-37)68-38-24(43-14(4)52)30(58)32(18(9-47)65-38)67-36-20(39)27(55)26(54)16(7-45)63-36/h15-20,22-24,26-38,44-48,53-60H,5-10,39H2,1-4H3,(H,40,49)(H,41,50)(H,42,51)(H,43,52)/b25-21-. The number of hydrogen-bond acceptors (Lipinski definition) is 26. The lowest BCUT2D eigenvalue weighted by molar-refractivity contribution is -0.354. The molecule has 4 amide bonds. The average molecular weight is 992 g/mol. The van der Waals surface area contributed by atoms with Crippen LogP contribution in [0.1, 0.15) is 34.1 Å².